The molecule has 3 unspecified atom stereocenters. The Morgan fingerprint density at radius 2 is 2.50 bits per heavy atom. The zero-order valence-corrected chi connectivity index (χ0v) is 8.99. The second-order valence-corrected chi connectivity index (χ2v) is 4.51. The van der Waals surface area contributed by atoms with Crippen molar-refractivity contribution >= 4 is 6.29 Å². The van der Waals surface area contributed by atoms with Crippen LogP contribution < -0.4 is 0 Å². The summed E-state index contributed by atoms with van der Waals surface area (Å²) < 4.78 is 4.75. The highest BCUT2D eigenvalue weighted by molar-refractivity contribution is 5.56. The Labute approximate surface area is 85.3 Å². The standard InChI is InChI=1S/C12H18O2/c1-3-14-12-8-11(12)10(6-7-13)5-4-9(12)2/h5,7,9,11H,3-4,6,8H2,1-2H3/p+1. The molecule has 0 spiro atoms. The number of hydrogen-bond acceptors (Lipinski definition) is 1. The number of hydrogen-bond donors (Lipinski definition) is 0. The molecule has 78 valence electrons. The Morgan fingerprint density at radius 1 is 1.71 bits per heavy atom. The Hall–Kier alpha value is -0.630. The minimum atomic E-state index is 0.224. The lowest BCUT2D eigenvalue weighted by Crippen LogP contribution is -2.32. The van der Waals surface area contributed by atoms with Gasteiger partial charge in [-0.25, -0.2) is 0 Å². The molecule has 0 radical (unpaired) electrons. The monoisotopic (exact) mass is 195 g/mol. The van der Waals surface area contributed by atoms with Crippen LogP contribution >= 0.6 is 0 Å². The SMILES string of the molecule is CC[OH+]C12CC1C(CC=O)=CCC2C. The maximum Gasteiger partial charge on any atom is 0.175 e. The van der Waals surface area contributed by atoms with Gasteiger partial charge < -0.3 is 9.53 Å². The Balaban J connectivity index is 2.11. The summed E-state index contributed by atoms with van der Waals surface area (Å²) in [6.45, 7) is 5.30. The maximum absolute atomic E-state index is 10.5. The zero-order valence-electron chi connectivity index (χ0n) is 8.99. The van der Waals surface area contributed by atoms with Crippen LogP contribution in [-0.2, 0) is 4.79 Å². The lowest BCUT2D eigenvalue weighted by molar-refractivity contribution is -0.150. The highest BCUT2D eigenvalue weighted by Gasteiger charge is 2.66. The molecule has 2 aliphatic rings. The van der Waals surface area contributed by atoms with Gasteiger partial charge in [-0.15, -0.1) is 0 Å². The van der Waals surface area contributed by atoms with Crippen LogP contribution in [0, 0.1) is 11.8 Å². The lowest BCUT2D eigenvalue weighted by Gasteiger charge is -2.25. The second kappa shape index (κ2) is 3.50. The van der Waals surface area contributed by atoms with E-state index < -0.39 is 0 Å². The molecule has 0 aliphatic heterocycles. The largest absolute Gasteiger partial charge is 0.429 e. The van der Waals surface area contributed by atoms with Crippen molar-refractivity contribution in [3.05, 3.63) is 11.6 Å². The van der Waals surface area contributed by atoms with Gasteiger partial charge in [0.05, 0.1) is 5.92 Å². The first-order valence-corrected chi connectivity index (χ1v) is 5.55. The van der Waals surface area contributed by atoms with E-state index in [9.17, 15) is 4.79 Å². The highest BCUT2D eigenvalue weighted by atomic mass is 16.5. The van der Waals surface area contributed by atoms with Gasteiger partial charge in [0.1, 0.15) is 12.9 Å². The van der Waals surface area contributed by atoms with Crippen LogP contribution in [-0.4, -0.2) is 23.2 Å². The van der Waals surface area contributed by atoms with Gasteiger partial charge in [-0.3, -0.25) is 0 Å². The second-order valence-electron chi connectivity index (χ2n) is 4.51. The molecule has 1 saturated carbocycles. The molecule has 0 aromatic carbocycles. The average Bonchev–Trinajstić information content (AvgIpc) is 2.88. The molecule has 2 rings (SSSR count). The predicted octanol–water partition coefficient (Wildman–Crippen LogP) is 1.85. The molecule has 2 aliphatic carbocycles. The number of allylic oxidation sites excluding steroid dienone is 1. The molecule has 14 heavy (non-hydrogen) atoms. The van der Waals surface area contributed by atoms with Gasteiger partial charge in [-0.05, 0) is 6.42 Å². The fraction of sp³-hybridized carbons (Fsp3) is 0.750. The number of rotatable bonds is 4. The van der Waals surface area contributed by atoms with Gasteiger partial charge in [0.25, 0.3) is 0 Å². The minimum absolute atomic E-state index is 0.224. The summed E-state index contributed by atoms with van der Waals surface area (Å²) in [5.41, 5.74) is 1.57. The third kappa shape index (κ3) is 1.33. The molecule has 3 atom stereocenters. The summed E-state index contributed by atoms with van der Waals surface area (Å²) in [4.78, 5) is 10.5. The topological polar surface area (TPSA) is 29.9 Å². The van der Waals surface area contributed by atoms with Crippen LogP contribution in [0.3, 0.4) is 0 Å². The van der Waals surface area contributed by atoms with E-state index >= 15 is 0 Å². The number of aliphatic hydroxyl groups is 2. The maximum atomic E-state index is 10.5. The quantitative estimate of drug-likeness (QED) is 0.382. The Bertz CT molecular complexity index is 269. The smallest absolute Gasteiger partial charge is 0.175 e. The van der Waals surface area contributed by atoms with Crippen molar-refractivity contribution in [3.63, 3.8) is 0 Å². The fourth-order valence-corrected chi connectivity index (χ4v) is 2.89. The van der Waals surface area contributed by atoms with Gasteiger partial charge >= 0.3 is 0 Å². The number of aldehydes is 1. The van der Waals surface area contributed by atoms with Crippen molar-refractivity contribution in [2.75, 3.05) is 6.61 Å². The van der Waals surface area contributed by atoms with E-state index in [0.717, 1.165) is 19.3 Å². The molecule has 0 aromatic rings. The van der Waals surface area contributed by atoms with E-state index in [1.807, 2.05) is 0 Å². The van der Waals surface area contributed by atoms with E-state index in [4.69, 9.17) is 4.74 Å². The summed E-state index contributed by atoms with van der Waals surface area (Å²) >= 11 is 0. The number of ether oxygens (including phenoxy) is 1. The van der Waals surface area contributed by atoms with Crippen molar-refractivity contribution < 1.29 is 9.53 Å². The van der Waals surface area contributed by atoms with Gasteiger partial charge in [-0.1, -0.05) is 18.6 Å². The molecular formula is C12H19O2+. The molecule has 0 heterocycles. The van der Waals surface area contributed by atoms with Crippen LogP contribution in [0.15, 0.2) is 11.6 Å². The number of fused-ring (bicyclic) bond motifs is 1. The molecule has 1 N–H and O–H groups in total. The third-order valence-electron chi connectivity index (χ3n) is 3.78. The molecule has 0 saturated heterocycles. The van der Waals surface area contributed by atoms with Gasteiger partial charge in [0.2, 0.25) is 0 Å². The zero-order chi connectivity index (χ0) is 10.2. The fourth-order valence-electron chi connectivity index (χ4n) is 2.89. The molecule has 0 aromatic heterocycles. The van der Waals surface area contributed by atoms with Crippen LogP contribution in [0.25, 0.3) is 0 Å². The van der Waals surface area contributed by atoms with E-state index in [1.54, 1.807) is 0 Å². The molecular weight excluding hydrogens is 176 g/mol. The van der Waals surface area contributed by atoms with E-state index in [1.165, 1.54) is 12.0 Å². The normalized spacial score (nSPS) is 40.0. The molecule has 0 bridgehead atoms. The Morgan fingerprint density at radius 3 is 3.14 bits per heavy atom. The third-order valence-corrected chi connectivity index (χ3v) is 3.78. The van der Waals surface area contributed by atoms with Crippen molar-refractivity contribution in [2.24, 2.45) is 11.8 Å². The molecule has 0 amide bonds. The number of carbonyl (C=O) groups excluding carboxylic acids is 1. The summed E-state index contributed by atoms with van der Waals surface area (Å²) in [5, 5.41) is 0. The van der Waals surface area contributed by atoms with Crippen molar-refractivity contribution in [1.29, 1.82) is 0 Å². The molecule has 2 heteroatoms. The van der Waals surface area contributed by atoms with Gasteiger partial charge in [-0.2, -0.15) is 0 Å². The van der Waals surface area contributed by atoms with Crippen LogP contribution in [0.4, 0.5) is 0 Å². The first-order chi connectivity index (χ1) is 6.74. The number of carbonyl (C=O) groups is 1. The minimum Gasteiger partial charge on any atom is -0.429 e. The van der Waals surface area contributed by atoms with Gasteiger partial charge in [0, 0.05) is 25.7 Å². The first-order valence-electron chi connectivity index (χ1n) is 5.55. The predicted molar refractivity (Wildman–Crippen MR) is 56.1 cm³/mol. The van der Waals surface area contributed by atoms with Crippen LogP contribution in [0.5, 0.6) is 0 Å². The first kappa shape index (κ1) is 9.91. The van der Waals surface area contributed by atoms with Crippen LogP contribution in [0.1, 0.15) is 33.1 Å². The van der Waals surface area contributed by atoms with E-state index in [-0.39, 0.29) is 5.60 Å². The van der Waals surface area contributed by atoms with Crippen LogP contribution in [0.2, 0.25) is 0 Å². The lowest BCUT2D eigenvalue weighted by atomic mass is 9.87. The van der Waals surface area contributed by atoms with Crippen molar-refractivity contribution in [2.45, 2.75) is 38.7 Å². The summed E-state index contributed by atoms with van der Waals surface area (Å²) in [6.07, 6.45) is 6.19. The Kier molecular flexibility index (Phi) is 2.48. The summed E-state index contributed by atoms with van der Waals surface area (Å²) in [7, 11) is 0. The molecule has 1 fully saturated rings. The summed E-state index contributed by atoms with van der Waals surface area (Å²) in [6, 6.07) is 0. The van der Waals surface area contributed by atoms with Gasteiger partial charge in [0.15, 0.2) is 5.60 Å². The average molecular weight is 195 g/mol. The summed E-state index contributed by atoms with van der Waals surface area (Å²) in [5.74, 6) is 1.26. The molecule has 2 nitrogen and oxygen atoms in total. The van der Waals surface area contributed by atoms with E-state index in [2.05, 4.69) is 19.9 Å². The highest BCUT2D eigenvalue weighted by Crippen LogP contribution is 2.58. The van der Waals surface area contributed by atoms with Crippen molar-refractivity contribution in [1.82, 2.24) is 0 Å². The van der Waals surface area contributed by atoms with E-state index in [0.29, 0.717) is 18.3 Å². The van der Waals surface area contributed by atoms with Crippen molar-refractivity contribution in [3.8, 4) is 0 Å².